The number of anilines is 7. The number of hydrogen-bond donors (Lipinski definition) is 4. The number of carbonyl (C=O) groups excluding carboxylic acids is 1. The Balaban J connectivity index is 1.22. The van der Waals surface area contributed by atoms with Gasteiger partial charge in [0.2, 0.25) is 5.95 Å². The fourth-order valence-corrected chi connectivity index (χ4v) is 4.41. The molecular weight excluding hydrogens is 488 g/mol. The van der Waals surface area contributed by atoms with Crippen molar-refractivity contribution in [3.8, 4) is 0 Å². The summed E-state index contributed by atoms with van der Waals surface area (Å²) in [6.45, 7) is 8.16. The van der Waals surface area contributed by atoms with Gasteiger partial charge in [0.1, 0.15) is 5.82 Å². The molecule has 0 bridgehead atoms. The fraction of sp³-hybridized carbons (Fsp3) is 0.233. The first-order valence-corrected chi connectivity index (χ1v) is 13.1. The molecule has 2 amide bonds. The minimum Gasteiger partial charge on any atom is -0.369 e. The van der Waals surface area contributed by atoms with Crippen LogP contribution in [0.3, 0.4) is 0 Å². The van der Waals surface area contributed by atoms with E-state index >= 15 is 0 Å². The van der Waals surface area contributed by atoms with E-state index in [1.54, 1.807) is 6.20 Å². The molecule has 9 heteroatoms. The molecule has 1 aliphatic rings. The van der Waals surface area contributed by atoms with Crippen LogP contribution < -0.4 is 26.2 Å². The van der Waals surface area contributed by atoms with E-state index in [0.29, 0.717) is 17.5 Å². The van der Waals surface area contributed by atoms with Crippen LogP contribution in [0.2, 0.25) is 0 Å². The van der Waals surface area contributed by atoms with E-state index in [1.807, 2.05) is 62.4 Å². The highest BCUT2D eigenvalue weighted by Crippen LogP contribution is 2.25. The molecule has 200 valence electrons. The SMILES string of the molecule is Cc1cccc(NC(=O)Nc2cccc(Nc3nc(Nc4ccc(N5CCN(C)CC5)cc4)ncc3C)c2)c1. The Hall–Kier alpha value is -4.63. The molecule has 3 aromatic carbocycles. The van der Waals surface area contributed by atoms with Gasteiger partial charge >= 0.3 is 6.03 Å². The zero-order chi connectivity index (χ0) is 27.2. The maximum atomic E-state index is 12.5. The molecule has 0 radical (unpaired) electrons. The average molecular weight is 523 g/mol. The van der Waals surface area contributed by atoms with Crippen molar-refractivity contribution in [1.82, 2.24) is 14.9 Å². The molecule has 1 saturated heterocycles. The molecular formula is C30H34N8O. The predicted octanol–water partition coefficient (Wildman–Crippen LogP) is 5.98. The summed E-state index contributed by atoms with van der Waals surface area (Å²) < 4.78 is 0. The maximum absolute atomic E-state index is 12.5. The molecule has 0 atom stereocenters. The third-order valence-electron chi connectivity index (χ3n) is 6.62. The number of aryl methyl sites for hydroxylation is 2. The quantitative estimate of drug-likeness (QED) is 0.237. The number of aromatic nitrogens is 2. The summed E-state index contributed by atoms with van der Waals surface area (Å²) in [5.74, 6) is 1.19. The normalized spacial score (nSPS) is 13.6. The second-order valence-electron chi connectivity index (χ2n) is 9.84. The van der Waals surface area contributed by atoms with Gasteiger partial charge in [0, 0.05) is 66.4 Å². The Kier molecular flexibility index (Phi) is 7.88. The highest BCUT2D eigenvalue weighted by molar-refractivity contribution is 6.00. The van der Waals surface area contributed by atoms with Crippen LogP contribution in [-0.4, -0.2) is 54.1 Å². The molecule has 4 N–H and O–H groups in total. The molecule has 1 aromatic heterocycles. The molecule has 1 aliphatic heterocycles. The lowest BCUT2D eigenvalue weighted by Gasteiger charge is -2.34. The van der Waals surface area contributed by atoms with Crippen molar-refractivity contribution in [3.63, 3.8) is 0 Å². The van der Waals surface area contributed by atoms with Gasteiger partial charge in [0.05, 0.1) is 0 Å². The molecule has 9 nitrogen and oxygen atoms in total. The molecule has 1 fully saturated rings. The van der Waals surface area contributed by atoms with E-state index in [9.17, 15) is 4.79 Å². The van der Waals surface area contributed by atoms with Gasteiger partial charge in [-0.25, -0.2) is 9.78 Å². The number of urea groups is 1. The molecule has 5 rings (SSSR count). The third-order valence-corrected chi connectivity index (χ3v) is 6.62. The lowest BCUT2D eigenvalue weighted by atomic mass is 10.2. The molecule has 0 aliphatic carbocycles. The number of likely N-dealkylation sites (N-methyl/N-ethyl adjacent to an activating group) is 1. The summed E-state index contributed by atoms with van der Waals surface area (Å²) in [5.41, 5.74) is 6.34. The summed E-state index contributed by atoms with van der Waals surface area (Å²) in [7, 11) is 2.16. The molecule has 0 saturated carbocycles. The van der Waals surface area contributed by atoms with Gasteiger partial charge in [-0.3, -0.25) is 0 Å². The number of hydrogen-bond acceptors (Lipinski definition) is 7. The van der Waals surface area contributed by atoms with Crippen LogP contribution in [-0.2, 0) is 0 Å². The molecule has 0 unspecified atom stereocenters. The van der Waals surface area contributed by atoms with Crippen molar-refractivity contribution in [1.29, 1.82) is 0 Å². The zero-order valence-corrected chi connectivity index (χ0v) is 22.5. The van der Waals surface area contributed by atoms with Gasteiger partial charge in [-0.2, -0.15) is 4.98 Å². The molecule has 4 aromatic rings. The van der Waals surface area contributed by atoms with E-state index in [0.717, 1.165) is 54.4 Å². The number of amides is 2. The number of nitrogens with zero attached hydrogens (tertiary/aromatic N) is 4. The number of nitrogens with one attached hydrogen (secondary N) is 4. The number of piperazine rings is 1. The third kappa shape index (κ3) is 7.03. The molecule has 0 spiro atoms. The van der Waals surface area contributed by atoms with Gasteiger partial charge in [-0.15, -0.1) is 0 Å². The summed E-state index contributed by atoms with van der Waals surface area (Å²) >= 11 is 0. The van der Waals surface area contributed by atoms with Crippen LogP contribution in [0.4, 0.5) is 45.0 Å². The Morgan fingerprint density at radius 1 is 0.769 bits per heavy atom. The van der Waals surface area contributed by atoms with E-state index < -0.39 is 0 Å². The Morgan fingerprint density at radius 2 is 1.44 bits per heavy atom. The lowest BCUT2D eigenvalue weighted by molar-refractivity contribution is 0.262. The van der Waals surface area contributed by atoms with E-state index in [1.165, 1.54) is 5.69 Å². The summed E-state index contributed by atoms with van der Waals surface area (Å²) in [6, 6.07) is 23.3. The summed E-state index contributed by atoms with van der Waals surface area (Å²) in [4.78, 5) is 26.4. The van der Waals surface area contributed by atoms with Gasteiger partial charge in [-0.1, -0.05) is 18.2 Å². The first kappa shape index (κ1) is 26.0. The highest BCUT2D eigenvalue weighted by atomic mass is 16.2. The second kappa shape index (κ2) is 11.8. The monoisotopic (exact) mass is 522 g/mol. The smallest absolute Gasteiger partial charge is 0.323 e. The highest BCUT2D eigenvalue weighted by Gasteiger charge is 2.14. The fourth-order valence-electron chi connectivity index (χ4n) is 4.41. The van der Waals surface area contributed by atoms with Crippen LogP contribution in [0.15, 0.2) is 79.0 Å². The van der Waals surface area contributed by atoms with Crippen LogP contribution in [0, 0.1) is 13.8 Å². The van der Waals surface area contributed by atoms with Crippen molar-refractivity contribution in [2.75, 3.05) is 59.4 Å². The van der Waals surface area contributed by atoms with Crippen LogP contribution in [0.25, 0.3) is 0 Å². The minimum absolute atomic E-state index is 0.305. The minimum atomic E-state index is -0.305. The first-order valence-electron chi connectivity index (χ1n) is 13.1. The Labute approximate surface area is 229 Å². The van der Waals surface area contributed by atoms with E-state index in [-0.39, 0.29) is 6.03 Å². The van der Waals surface area contributed by atoms with Gasteiger partial charge in [0.25, 0.3) is 0 Å². The Bertz CT molecular complexity index is 1430. The van der Waals surface area contributed by atoms with Crippen molar-refractivity contribution in [2.45, 2.75) is 13.8 Å². The summed E-state index contributed by atoms with van der Waals surface area (Å²) in [5, 5.41) is 12.4. The van der Waals surface area contributed by atoms with Gasteiger partial charge in [-0.05, 0) is 81.1 Å². The summed E-state index contributed by atoms with van der Waals surface area (Å²) in [6.07, 6.45) is 1.79. The lowest BCUT2D eigenvalue weighted by Crippen LogP contribution is -2.44. The number of carbonyl (C=O) groups is 1. The van der Waals surface area contributed by atoms with Gasteiger partial charge in [0.15, 0.2) is 0 Å². The van der Waals surface area contributed by atoms with Crippen LogP contribution in [0.5, 0.6) is 0 Å². The van der Waals surface area contributed by atoms with Crippen molar-refractivity contribution < 1.29 is 4.79 Å². The molecule has 2 heterocycles. The van der Waals surface area contributed by atoms with Crippen molar-refractivity contribution in [3.05, 3.63) is 90.1 Å². The van der Waals surface area contributed by atoms with E-state index in [2.05, 4.69) is 72.3 Å². The standard InChI is InChI=1S/C30H34N8O/c1-21-6-4-7-24(18-21)34-30(39)35-26-9-5-8-25(19-26)32-28-22(2)20-31-29(36-28)33-23-10-12-27(13-11-23)38-16-14-37(3)15-17-38/h4-13,18-20H,14-17H2,1-3H3,(H2,34,35,39)(H2,31,32,33,36). The largest absolute Gasteiger partial charge is 0.369 e. The van der Waals surface area contributed by atoms with Crippen LogP contribution in [0.1, 0.15) is 11.1 Å². The first-order chi connectivity index (χ1) is 18.9. The van der Waals surface area contributed by atoms with Gasteiger partial charge < -0.3 is 31.1 Å². The van der Waals surface area contributed by atoms with Crippen LogP contribution >= 0.6 is 0 Å². The van der Waals surface area contributed by atoms with Crippen molar-refractivity contribution in [2.24, 2.45) is 0 Å². The second-order valence-corrected chi connectivity index (χ2v) is 9.84. The molecule has 39 heavy (non-hydrogen) atoms. The topological polar surface area (TPSA) is 97.5 Å². The Morgan fingerprint density at radius 3 is 2.15 bits per heavy atom. The zero-order valence-electron chi connectivity index (χ0n) is 22.5. The van der Waals surface area contributed by atoms with Crippen molar-refractivity contribution >= 4 is 46.2 Å². The predicted molar refractivity (Wildman–Crippen MR) is 160 cm³/mol. The maximum Gasteiger partial charge on any atom is 0.323 e. The number of benzene rings is 3. The average Bonchev–Trinajstić information content (AvgIpc) is 2.92. The number of rotatable bonds is 7. The van der Waals surface area contributed by atoms with E-state index in [4.69, 9.17) is 0 Å².